The average Bonchev–Trinajstić information content (AvgIpc) is 2.18. The number of fused-ring (bicyclic) bond motifs is 1. The van der Waals surface area contributed by atoms with E-state index in [2.05, 4.69) is 36.6 Å². The molecule has 2 heteroatoms. The van der Waals surface area contributed by atoms with Crippen LogP contribution in [-0.2, 0) is 4.74 Å². The second-order valence-electron chi connectivity index (χ2n) is 3.10. The van der Waals surface area contributed by atoms with E-state index in [9.17, 15) is 0 Å². The van der Waals surface area contributed by atoms with E-state index in [1.165, 1.54) is 16.0 Å². The van der Waals surface area contributed by atoms with E-state index in [1.807, 2.05) is 0 Å². The molecule has 1 unspecified atom stereocenters. The van der Waals surface area contributed by atoms with Gasteiger partial charge in [-0.1, -0.05) is 30.0 Å². The van der Waals surface area contributed by atoms with Crippen molar-refractivity contribution in [3.8, 4) is 0 Å². The molecule has 1 aromatic carbocycles. The van der Waals surface area contributed by atoms with E-state index in [4.69, 9.17) is 4.74 Å². The summed E-state index contributed by atoms with van der Waals surface area (Å²) in [4.78, 5) is 1.34. The lowest BCUT2D eigenvalue weighted by atomic mass is 10.1. The molecule has 0 bridgehead atoms. The van der Waals surface area contributed by atoms with Gasteiger partial charge in [0.05, 0.1) is 0 Å². The van der Waals surface area contributed by atoms with Crippen molar-refractivity contribution in [3.05, 3.63) is 40.8 Å². The fraction of sp³-hybridized carbons (Fsp3) is 0.273. The maximum absolute atomic E-state index is 5.37. The molecule has 68 valence electrons. The van der Waals surface area contributed by atoms with Gasteiger partial charge in [-0.15, -0.1) is 0 Å². The molecule has 2 rings (SSSR count). The van der Waals surface area contributed by atoms with Crippen LogP contribution in [0.5, 0.6) is 0 Å². The molecule has 0 saturated carbocycles. The summed E-state index contributed by atoms with van der Waals surface area (Å²) < 4.78 is 5.37. The van der Waals surface area contributed by atoms with Crippen molar-refractivity contribution in [2.75, 3.05) is 7.11 Å². The van der Waals surface area contributed by atoms with Gasteiger partial charge in [-0.3, -0.25) is 0 Å². The summed E-state index contributed by atoms with van der Waals surface area (Å²) >= 11 is 1.77. The van der Waals surface area contributed by atoms with E-state index in [0.717, 1.165) is 0 Å². The Bertz CT molecular complexity index is 344. The zero-order valence-corrected chi connectivity index (χ0v) is 8.60. The van der Waals surface area contributed by atoms with Crippen LogP contribution in [0.1, 0.15) is 17.2 Å². The van der Waals surface area contributed by atoms with Gasteiger partial charge >= 0.3 is 0 Å². The van der Waals surface area contributed by atoms with Gasteiger partial charge in [-0.25, -0.2) is 0 Å². The Hall–Kier alpha value is -0.730. The third-order valence-corrected chi connectivity index (χ3v) is 3.33. The van der Waals surface area contributed by atoms with Crippen LogP contribution in [0.3, 0.4) is 0 Å². The predicted octanol–water partition coefficient (Wildman–Crippen LogP) is 3.30. The highest BCUT2D eigenvalue weighted by Crippen LogP contribution is 2.37. The fourth-order valence-corrected chi connectivity index (χ4v) is 2.48. The van der Waals surface area contributed by atoms with Gasteiger partial charge in [0.1, 0.15) is 6.10 Å². The smallest absolute Gasteiger partial charge is 0.102 e. The highest BCUT2D eigenvalue weighted by molar-refractivity contribution is 8.02. The van der Waals surface area contributed by atoms with Crippen molar-refractivity contribution >= 4 is 11.8 Å². The third kappa shape index (κ3) is 1.52. The molecule has 13 heavy (non-hydrogen) atoms. The van der Waals surface area contributed by atoms with E-state index < -0.39 is 0 Å². The van der Waals surface area contributed by atoms with E-state index in [1.54, 1.807) is 18.9 Å². The summed E-state index contributed by atoms with van der Waals surface area (Å²) in [6, 6.07) is 6.35. The number of hydrogen-bond donors (Lipinski definition) is 0. The van der Waals surface area contributed by atoms with Gasteiger partial charge in [0.25, 0.3) is 0 Å². The molecule has 1 heterocycles. The predicted molar refractivity (Wildman–Crippen MR) is 55.9 cm³/mol. The second-order valence-corrected chi connectivity index (χ2v) is 4.01. The van der Waals surface area contributed by atoms with Crippen molar-refractivity contribution in [1.29, 1.82) is 0 Å². The summed E-state index contributed by atoms with van der Waals surface area (Å²) in [6.45, 7) is 2.14. The maximum atomic E-state index is 5.37. The highest BCUT2D eigenvalue weighted by atomic mass is 32.2. The van der Waals surface area contributed by atoms with Gasteiger partial charge in [0.15, 0.2) is 0 Å². The monoisotopic (exact) mass is 192 g/mol. The first kappa shape index (κ1) is 8.85. The normalized spacial score (nSPS) is 20.0. The molecule has 0 fully saturated rings. The molecule has 1 aliphatic heterocycles. The SMILES string of the molecule is COC1C=CSc2c(C)cccc21. The lowest BCUT2D eigenvalue weighted by Gasteiger charge is -2.20. The minimum Gasteiger partial charge on any atom is -0.373 e. The Morgan fingerprint density at radius 2 is 2.23 bits per heavy atom. The topological polar surface area (TPSA) is 9.23 Å². The number of thioether (sulfide) groups is 1. The number of rotatable bonds is 1. The molecular weight excluding hydrogens is 180 g/mol. The van der Waals surface area contributed by atoms with E-state index >= 15 is 0 Å². The molecule has 0 saturated heterocycles. The van der Waals surface area contributed by atoms with Crippen LogP contribution >= 0.6 is 11.8 Å². The molecule has 1 nitrogen and oxygen atoms in total. The van der Waals surface area contributed by atoms with E-state index in [-0.39, 0.29) is 6.10 Å². The van der Waals surface area contributed by atoms with Gasteiger partial charge in [0.2, 0.25) is 0 Å². The molecule has 0 amide bonds. The zero-order valence-electron chi connectivity index (χ0n) is 7.78. The third-order valence-electron chi connectivity index (χ3n) is 2.24. The molecule has 0 aliphatic carbocycles. The van der Waals surface area contributed by atoms with Crippen LogP contribution in [0.2, 0.25) is 0 Å². The minimum atomic E-state index is 0.135. The molecular formula is C11H12OS. The standard InChI is InChI=1S/C11H12OS/c1-8-4-3-5-9-10(12-2)6-7-13-11(8)9/h3-7,10H,1-2H3. The van der Waals surface area contributed by atoms with Crippen molar-refractivity contribution in [1.82, 2.24) is 0 Å². The first-order valence-corrected chi connectivity index (χ1v) is 5.16. The molecule has 1 aliphatic rings. The van der Waals surface area contributed by atoms with Crippen molar-refractivity contribution < 1.29 is 4.74 Å². The van der Waals surface area contributed by atoms with Crippen molar-refractivity contribution in [2.45, 2.75) is 17.9 Å². The quantitative estimate of drug-likeness (QED) is 0.675. The largest absolute Gasteiger partial charge is 0.373 e. The summed E-state index contributed by atoms with van der Waals surface area (Å²) in [5.74, 6) is 0. The van der Waals surface area contributed by atoms with Gasteiger partial charge in [-0.05, 0) is 29.5 Å². The van der Waals surface area contributed by atoms with Gasteiger partial charge in [0, 0.05) is 12.0 Å². The van der Waals surface area contributed by atoms with Crippen LogP contribution < -0.4 is 0 Å². The second kappa shape index (κ2) is 3.56. The van der Waals surface area contributed by atoms with Gasteiger partial charge < -0.3 is 4.74 Å². The summed E-state index contributed by atoms with van der Waals surface area (Å²) in [5, 5.41) is 2.10. The van der Waals surface area contributed by atoms with E-state index in [0.29, 0.717) is 0 Å². The lowest BCUT2D eigenvalue weighted by molar-refractivity contribution is 0.140. The Balaban J connectivity index is 2.50. The maximum Gasteiger partial charge on any atom is 0.102 e. The number of ether oxygens (including phenoxy) is 1. The van der Waals surface area contributed by atoms with Crippen LogP contribution in [-0.4, -0.2) is 7.11 Å². The average molecular weight is 192 g/mol. The Kier molecular flexibility index (Phi) is 2.42. The van der Waals surface area contributed by atoms with Crippen LogP contribution in [0.15, 0.2) is 34.6 Å². The molecule has 0 aromatic heterocycles. The summed E-state index contributed by atoms with van der Waals surface area (Å²) in [6.07, 6.45) is 2.23. The first-order chi connectivity index (χ1) is 6.33. The van der Waals surface area contributed by atoms with Gasteiger partial charge in [-0.2, -0.15) is 0 Å². The number of aryl methyl sites for hydroxylation is 1. The van der Waals surface area contributed by atoms with Crippen LogP contribution in [0, 0.1) is 6.92 Å². The number of methoxy groups -OCH3 is 1. The zero-order chi connectivity index (χ0) is 9.26. The summed E-state index contributed by atoms with van der Waals surface area (Å²) in [5.41, 5.74) is 2.61. The Labute approximate surface area is 82.8 Å². The summed E-state index contributed by atoms with van der Waals surface area (Å²) in [7, 11) is 1.75. The van der Waals surface area contributed by atoms with Crippen LogP contribution in [0.4, 0.5) is 0 Å². The molecule has 0 radical (unpaired) electrons. The van der Waals surface area contributed by atoms with Crippen LogP contribution in [0.25, 0.3) is 0 Å². The Morgan fingerprint density at radius 1 is 1.38 bits per heavy atom. The number of hydrogen-bond acceptors (Lipinski definition) is 2. The minimum absolute atomic E-state index is 0.135. The molecule has 0 N–H and O–H groups in total. The molecule has 0 spiro atoms. The Morgan fingerprint density at radius 3 is 3.00 bits per heavy atom. The fourth-order valence-electron chi connectivity index (χ4n) is 1.55. The highest BCUT2D eigenvalue weighted by Gasteiger charge is 2.16. The van der Waals surface area contributed by atoms with Crippen molar-refractivity contribution in [3.63, 3.8) is 0 Å². The van der Waals surface area contributed by atoms with Crippen molar-refractivity contribution in [2.24, 2.45) is 0 Å². The molecule has 1 atom stereocenters. The lowest BCUT2D eigenvalue weighted by Crippen LogP contribution is -2.03. The number of benzene rings is 1. The first-order valence-electron chi connectivity index (χ1n) is 4.28. The molecule has 1 aromatic rings.